The number of aromatic hydroxyl groups is 1. The quantitative estimate of drug-likeness (QED) is 0.0761. The van der Waals surface area contributed by atoms with Crippen LogP contribution < -0.4 is 30.6 Å². The molecule has 2 amide bonds. The SMILES string of the molecule is CC(C)[C@@H](C(=O)N1C[C@H](O)C[C@H]1C(=O)NOc1ccc(-c2ccccc2F)cc1)c1onc(OC2CCC(N3CCC(c4cnc(N5C6CCC5CN(c5cc(-c7ccccc7O)nnc5N)C6)nc4)CC3)CC2)c1Cl. The number of anilines is 3. The summed E-state index contributed by atoms with van der Waals surface area (Å²) in [5, 5.41) is 34.0. The molecule has 5 N–H and O–H groups in total. The Morgan fingerprint density at radius 1 is 0.855 bits per heavy atom. The maximum atomic E-state index is 14.3. The van der Waals surface area contributed by atoms with Gasteiger partial charge in [-0.3, -0.25) is 9.59 Å². The van der Waals surface area contributed by atoms with Crippen LogP contribution in [0.2, 0.25) is 5.02 Å². The number of benzene rings is 3. The maximum absolute atomic E-state index is 14.3. The van der Waals surface area contributed by atoms with Gasteiger partial charge in [-0.05, 0) is 129 Å². The second-order valence-electron chi connectivity index (χ2n) is 21.2. The normalized spacial score (nSPS) is 23.5. The Bertz CT molecular complexity index is 3010. The minimum Gasteiger partial charge on any atom is -0.507 e. The summed E-state index contributed by atoms with van der Waals surface area (Å²) in [6.45, 7) is 7.15. The van der Waals surface area contributed by atoms with Crippen molar-refractivity contribution in [3.05, 3.63) is 113 Å². The van der Waals surface area contributed by atoms with E-state index in [1.807, 2.05) is 44.4 Å². The molecule has 4 aliphatic heterocycles. The molecule has 0 radical (unpaired) electrons. The number of hydrogen-bond acceptors (Lipinski definition) is 16. The van der Waals surface area contributed by atoms with Crippen LogP contribution in [0.5, 0.6) is 17.4 Å². The molecule has 2 bridgehead atoms. The molecule has 3 aromatic carbocycles. The number of hydroxylamine groups is 1. The first-order valence-electron chi connectivity index (χ1n) is 26.5. The number of aliphatic hydroxyl groups is 1. The minimum atomic E-state index is -1.03. The van der Waals surface area contributed by atoms with Gasteiger partial charge in [-0.1, -0.05) is 67.9 Å². The van der Waals surface area contributed by atoms with Crippen molar-refractivity contribution in [1.29, 1.82) is 0 Å². The Morgan fingerprint density at radius 3 is 2.21 bits per heavy atom. The molecular formula is C56H63ClFN11O7. The molecule has 2 unspecified atom stereocenters. The lowest BCUT2D eigenvalue weighted by molar-refractivity contribution is -0.143. The molecule has 6 aromatic rings. The third-order valence-electron chi connectivity index (χ3n) is 16.2. The molecule has 76 heavy (non-hydrogen) atoms. The fourth-order valence-electron chi connectivity index (χ4n) is 12.2. The topological polar surface area (TPSA) is 222 Å². The number of hydrogen-bond donors (Lipinski definition) is 4. The average molecular weight is 1060 g/mol. The molecule has 1 saturated carbocycles. The molecule has 20 heteroatoms. The highest BCUT2D eigenvalue weighted by atomic mass is 35.5. The first kappa shape index (κ1) is 51.0. The van der Waals surface area contributed by atoms with Gasteiger partial charge in [-0.15, -0.1) is 10.2 Å². The molecule has 18 nitrogen and oxygen atoms in total. The summed E-state index contributed by atoms with van der Waals surface area (Å²) < 4.78 is 26.5. The van der Waals surface area contributed by atoms with Crippen molar-refractivity contribution in [2.75, 3.05) is 48.3 Å². The molecule has 398 valence electrons. The number of fused-ring (bicyclic) bond motifs is 2. The highest BCUT2D eigenvalue weighted by Gasteiger charge is 2.46. The predicted molar refractivity (Wildman–Crippen MR) is 283 cm³/mol. The molecule has 4 saturated heterocycles. The number of rotatable bonds is 14. The Kier molecular flexibility index (Phi) is 14.7. The molecule has 3 aromatic heterocycles. The molecule has 5 fully saturated rings. The number of aromatic nitrogens is 5. The van der Waals surface area contributed by atoms with Crippen molar-refractivity contribution in [2.45, 2.75) is 120 Å². The minimum absolute atomic E-state index is 0.0111. The predicted octanol–water partition coefficient (Wildman–Crippen LogP) is 7.91. The number of amides is 2. The number of likely N-dealkylation sites (tertiary alicyclic amines) is 2. The van der Waals surface area contributed by atoms with Crippen molar-refractivity contribution in [3.8, 4) is 39.8 Å². The van der Waals surface area contributed by atoms with E-state index >= 15 is 0 Å². The van der Waals surface area contributed by atoms with E-state index in [2.05, 4.69) is 35.5 Å². The Hall–Kier alpha value is -7.09. The van der Waals surface area contributed by atoms with Gasteiger partial charge < -0.3 is 49.6 Å². The summed E-state index contributed by atoms with van der Waals surface area (Å²) in [5.74, 6) is -0.339. The van der Waals surface area contributed by atoms with Crippen LogP contribution >= 0.6 is 11.6 Å². The van der Waals surface area contributed by atoms with Gasteiger partial charge >= 0.3 is 0 Å². The molecule has 11 rings (SSSR count). The molecule has 0 spiro atoms. The molecular weight excluding hydrogens is 993 g/mol. The molecule has 1 aliphatic carbocycles. The summed E-state index contributed by atoms with van der Waals surface area (Å²) in [6, 6.07) is 21.9. The Balaban J connectivity index is 0.645. The average Bonchev–Trinajstić information content (AvgIpc) is 4.12. The Morgan fingerprint density at radius 2 is 1.53 bits per heavy atom. The van der Waals surface area contributed by atoms with Crippen LogP contribution in [0.25, 0.3) is 22.4 Å². The van der Waals surface area contributed by atoms with Crippen LogP contribution in [0.15, 0.2) is 95.8 Å². The lowest BCUT2D eigenvalue weighted by Crippen LogP contribution is -2.54. The molecule has 5 atom stereocenters. The smallest absolute Gasteiger partial charge is 0.275 e. The van der Waals surface area contributed by atoms with E-state index in [0.29, 0.717) is 45.9 Å². The first-order chi connectivity index (χ1) is 36.9. The Labute approximate surface area is 445 Å². The van der Waals surface area contributed by atoms with Crippen LogP contribution in [0.1, 0.15) is 94.8 Å². The second kappa shape index (κ2) is 21.9. The largest absolute Gasteiger partial charge is 0.507 e. The first-order valence-corrected chi connectivity index (χ1v) is 26.9. The van der Waals surface area contributed by atoms with Crippen LogP contribution in [0.4, 0.5) is 21.8 Å². The van der Waals surface area contributed by atoms with Gasteiger partial charge in [0.1, 0.15) is 34.7 Å². The molecule has 5 aliphatic rings. The van der Waals surface area contributed by atoms with Gasteiger partial charge in [0.05, 0.1) is 17.5 Å². The van der Waals surface area contributed by atoms with Crippen molar-refractivity contribution in [1.82, 2.24) is 40.6 Å². The zero-order chi connectivity index (χ0) is 52.6. The lowest BCUT2D eigenvalue weighted by Gasteiger charge is -2.42. The van der Waals surface area contributed by atoms with Crippen LogP contribution in [-0.4, -0.2) is 126 Å². The van der Waals surface area contributed by atoms with Gasteiger partial charge in [0.2, 0.25) is 11.9 Å². The number of ether oxygens (including phenoxy) is 1. The fraction of sp³-hybridized carbons (Fsp3) is 0.446. The van der Waals surface area contributed by atoms with E-state index in [0.717, 1.165) is 89.2 Å². The summed E-state index contributed by atoms with van der Waals surface area (Å²) in [4.78, 5) is 51.9. The summed E-state index contributed by atoms with van der Waals surface area (Å²) >= 11 is 6.91. The fourth-order valence-corrected chi connectivity index (χ4v) is 12.4. The zero-order valence-electron chi connectivity index (χ0n) is 42.5. The number of phenols is 1. The summed E-state index contributed by atoms with van der Waals surface area (Å²) in [6.07, 6.45) is 10.7. The third-order valence-corrected chi connectivity index (χ3v) is 16.5. The number of β-amino-alcohol motifs (C(OH)–C–C–N with tert-alkyl or cyclic N) is 1. The number of carbonyl (C=O) groups is 2. The van der Waals surface area contributed by atoms with Crippen LogP contribution in [0.3, 0.4) is 0 Å². The standard InChI is InChI=1S/C56H63ClFN11O7/c1-32(2)49(55(73)68-31-39(70)25-47(68)53(72)64-75-41-17-11-34(12-18-41)42-7-3-5-9-44(42)58)51-50(57)54(65-76-51)74-40-19-15-36(16-20-40)66-23-21-33(22-24-66)35-27-60-56(61-28-35)69-37-13-14-38(69)30-67(29-37)46-26-45(62-63-52(46)59)43-8-4-6-10-48(43)71/h3-12,17-18,26-28,32-33,36-40,47,49,70-71H,13-16,19-25,29-31H2,1-2H3,(H2,59,63)(H,64,72)/t36?,37?,38?,39-,40?,47+,49-/m1/s1. The van der Waals surface area contributed by atoms with E-state index in [-0.39, 0.29) is 65.3 Å². The number of nitrogens with zero attached hydrogens (tertiary/aromatic N) is 9. The van der Waals surface area contributed by atoms with E-state index in [1.54, 1.807) is 54.6 Å². The number of piperazine rings is 1. The number of nitrogen functional groups attached to an aromatic ring is 1. The third kappa shape index (κ3) is 10.4. The lowest BCUT2D eigenvalue weighted by atomic mass is 9.87. The van der Waals surface area contributed by atoms with Crippen molar-refractivity contribution in [3.63, 3.8) is 0 Å². The van der Waals surface area contributed by atoms with Gasteiger partial charge in [0, 0.05) is 67.7 Å². The number of halogens is 2. The van der Waals surface area contributed by atoms with Gasteiger partial charge in [-0.2, -0.15) is 5.48 Å². The van der Waals surface area contributed by atoms with E-state index in [9.17, 15) is 24.2 Å². The molecule has 7 heterocycles. The number of aliphatic hydroxyl groups excluding tert-OH is 1. The van der Waals surface area contributed by atoms with E-state index < -0.39 is 29.9 Å². The second-order valence-corrected chi connectivity index (χ2v) is 21.6. The van der Waals surface area contributed by atoms with Crippen molar-refractivity contribution >= 4 is 40.9 Å². The van der Waals surface area contributed by atoms with Gasteiger partial charge in [0.25, 0.3) is 11.8 Å². The number of nitrogens with one attached hydrogen (secondary N) is 1. The number of para-hydroxylation sites is 1. The van der Waals surface area contributed by atoms with Gasteiger partial charge in [-0.25, -0.2) is 14.4 Å². The summed E-state index contributed by atoms with van der Waals surface area (Å²) in [5.41, 5.74) is 13.1. The van der Waals surface area contributed by atoms with Crippen LogP contribution in [0, 0.1) is 11.7 Å². The van der Waals surface area contributed by atoms with Crippen LogP contribution in [-0.2, 0) is 9.59 Å². The summed E-state index contributed by atoms with van der Waals surface area (Å²) in [7, 11) is 0. The van der Waals surface area contributed by atoms with E-state index in [1.165, 1.54) is 16.5 Å². The number of piperidine rings is 1. The van der Waals surface area contributed by atoms with E-state index in [4.69, 9.17) is 41.4 Å². The number of carbonyl (C=O) groups excluding carboxylic acids is 2. The number of phenolic OH excluding ortho intramolecular Hbond substituents is 1. The zero-order valence-corrected chi connectivity index (χ0v) is 43.3. The maximum Gasteiger partial charge on any atom is 0.275 e. The van der Waals surface area contributed by atoms with Crippen molar-refractivity contribution in [2.24, 2.45) is 5.92 Å². The number of nitrogens with two attached hydrogens (primary N) is 1. The highest BCUT2D eigenvalue weighted by molar-refractivity contribution is 6.32. The highest BCUT2D eigenvalue weighted by Crippen LogP contribution is 2.42. The van der Waals surface area contributed by atoms with Crippen molar-refractivity contribution < 1.29 is 38.3 Å². The monoisotopic (exact) mass is 1060 g/mol. The van der Waals surface area contributed by atoms with Gasteiger partial charge in [0.15, 0.2) is 17.3 Å².